The van der Waals surface area contributed by atoms with Gasteiger partial charge in [0.2, 0.25) is 0 Å². The highest BCUT2D eigenvalue weighted by Gasteiger charge is 2.20. The number of rotatable bonds is 4. The second-order valence-electron chi connectivity index (χ2n) is 6.83. The molecule has 2 aromatic heterocycles. The molecule has 126 valence electrons. The largest absolute Gasteiger partial charge is 0.390 e. The summed E-state index contributed by atoms with van der Waals surface area (Å²) in [5.41, 5.74) is 6.06. The number of aliphatic hydroxyl groups excluding tert-OH is 1. The molecule has 1 atom stereocenters. The Labute approximate surface area is 146 Å². The van der Waals surface area contributed by atoms with E-state index in [0.29, 0.717) is 13.1 Å². The summed E-state index contributed by atoms with van der Waals surface area (Å²) in [6.45, 7) is 7.52. The van der Waals surface area contributed by atoms with Crippen LogP contribution in [-0.4, -0.2) is 38.8 Å². The van der Waals surface area contributed by atoms with Gasteiger partial charge in [-0.05, 0) is 60.5 Å². The minimum atomic E-state index is -0.385. The highest BCUT2D eigenvalue weighted by atomic mass is 32.1. The lowest BCUT2D eigenvalue weighted by Gasteiger charge is -2.28. The summed E-state index contributed by atoms with van der Waals surface area (Å²) in [6.07, 6.45) is 2.57. The summed E-state index contributed by atoms with van der Waals surface area (Å²) >= 11 is 1.85. The average Bonchev–Trinajstić information content (AvgIpc) is 3.15. The molecule has 5 heteroatoms. The van der Waals surface area contributed by atoms with Gasteiger partial charge in [-0.15, -0.1) is 11.3 Å². The molecule has 1 aliphatic rings. The van der Waals surface area contributed by atoms with Crippen molar-refractivity contribution in [2.24, 2.45) is 0 Å². The molecule has 0 radical (unpaired) electrons. The number of hydrogen-bond acceptors (Lipinski definition) is 4. The number of thiophene rings is 1. The van der Waals surface area contributed by atoms with Gasteiger partial charge in [-0.3, -0.25) is 4.90 Å². The lowest BCUT2D eigenvalue weighted by molar-refractivity contribution is 0.0930. The molecule has 24 heavy (non-hydrogen) atoms. The predicted molar refractivity (Wildman–Crippen MR) is 98.5 cm³/mol. The molecule has 4 nitrogen and oxygen atoms in total. The molecule has 1 aliphatic heterocycles. The van der Waals surface area contributed by atoms with Crippen molar-refractivity contribution >= 4 is 22.4 Å². The molecule has 0 saturated heterocycles. The fourth-order valence-electron chi connectivity index (χ4n) is 3.50. The Morgan fingerprint density at radius 3 is 2.96 bits per heavy atom. The van der Waals surface area contributed by atoms with Crippen LogP contribution in [0.4, 0.5) is 0 Å². The number of fused-ring (bicyclic) bond motifs is 2. The van der Waals surface area contributed by atoms with Gasteiger partial charge in [0, 0.05) is 24.5 Å². The molecule has 0 fully saturated rings. The Balaban J connectivity index is 1.45. The third-order valence-corrected chi connectivity index (χ3v) is 6.02. The van der Waals surface area contributed by atoms with E-state index in [0.717, 1.165) is 30.5 Å². The van der Waals surface area contributed by atoms with Gasteiger partial charge in [-0.2, -0.15) is 0 Å². The summed E-state index contributed by atoms with van der Waals surface area (Å²) < 4.78 is 2.08. The van der Waals surface area contributed by atoms with E-state index in [1.54, 1.807) is 0 Å². The van der Waals surface area contributed by atoms with Crippen LogP contribution in [0.5, 0.6) is 0 Å². The first-order valence-corrected chi connectivity index (χ1v) is 9.36. The number of nitrogens with zero attached hydrogens (tertiary/aromatic N) is 3. The van der Waals surface area contributed by atoms with Crippen LogP contribution in [0.25, 0.3) is 11.0 Å². The molecule has 0 aliphatic carbocycles. The van der Waals surface area contributed by atoms with Crippen molar-refractivity contribution in [2.75, 3.05) is 13.1 Å². The lowest BCUT2D eigenvalue weighted by atomic mass is 10.1. The fraction of sp³-hybridized carbons (Fsp3) is 0.421. The van der Waals surface area contributed by atoms with Crippen LogP contribution in [0.3, 0.4) is 0 Å². The Kier molecular flexibility index (Phi) is 4.16. The third-order valence-electron chi connectivity index (χ3n) is 5.00. The number of β-amino-alcohol motifs (C(OH)–C–C–N with tert-alkyl or cyclic N) is 1. The van der Waals surface area contributed by atoms with Gasteiger partial charge in [0.05, 0.1) is 30.0 Å². The molecule has 0 spiro atoms. The molecule has 0 saturated carbocycles. The van der Waals surface area contributed by atoms with Crippen molar-refractivity contribution in [1.82, 2.24) is 14.5 Å². The highest BCUT2D eigenvalue weighted by Crippen LogP contribution is 2.24. The fourth-order valence-corrected chi connectivity index (χ4v) is 4.39. The summed E-state index contributed by atoms with van der Waals surface area (Å²) in [5.74, 6) is 0. The zero-order chi connectivity index (χ0) is 16.7. The number of imidazole rings is 1. The maximum Gasteiger partial charge on any atom is 0.0959 e. The highest BCUT2D eigenvalue weighted by molar-refractivity contribution is 7.10. The van der Waals surface area contributed by atoms with Gasteiger partial charge < -0.3 is 9.67 Å². The Bertz CT molecular complexity index is 867. The van der Waals surface area contributed by atoms with E-state index in [-0.39, 0.29) is 6.10 Å². The van der Waals surface area contributed by atoms with Crippen LogP contribution < -0.4 is 0 Å². The molecule has 0 unspecified atom stereocenters. The molecule has 1 N–H and O–H groups in total. The van der Waals surface area contributed by atoms with Crippen LogP contribution >= 0.6 is 11.3 Å². The number of aryl methyl sites for hydroxylation is 2. The smallest absolute Gasteiger partial charge is 0.0959 e. The molecular weight excluding hydrogens is 318 g/mol. The minimum Gasteiger partial charge on any atom is -0.390 e. The lowest BCUT2D eigenvalue weighted by Crippen LogP contribution is -2.37. The maximum absolute atomic E-state index is 10.6. The number of aliphatic hydroxyl groups is 1. The van der Waals surface area contributed by atoms with E-state index in [1.807, 2.05) is 17.7 Å². The van der Waals surface area contributed by atoms with E-state index in [2.05, 4.69) is 51.9 Å². The normalized spacial score (nSPS) is 16.5. The van der Waals surface area contributed by atoms with Crippen LogP contribution in [-0.2, 0) is 19.5 Å². The van der Waals surface area contributed by atoms with Crippen molar-refractivity contribution in [1.29, 1.82) is 0 Å². The van der Waals surface area contributed by atoms with Gasteiger partial charge in [-0.1, -0.05) is 0 Å². The topological polar surface area (TPSA) is 41.3 Å². The number of benzene rings is 1. The van der Waals surface area contributed by atoms with E-state index < -0.39 is 0 Å². The second-order valence-corrected chi connectivity index (χ2v) is 7.83. The van der Waals surface area contributed by atoms with Crippen LogP contribution in [0.15, 0.2) is 29.9 Å². The first-order valence-electron chi connectivity index (χ1n) is 8.48. The summed E-state index contributed by atoms with van der Waals surface area (Å²) in [5, 5.41) is 12.7. The first kappa shape index (κ1) is 15.8. The number of aromatic nitrogens is 2. The molecule has 3 heterocycles. The van der Waals surface area contributed by atoms with Gasteiger partial charge in [0.25, 0.3) is 0 Å². The molecule has 0 bridgehead atoms. The molecular formula is C19H23N3OS. The van der Waals surface area contributed by atoms with E-state index in [4.69, 9.17) is 0 Å². The average molecular weight is 341 g/mol. The molecule has 0 amide bonds. The molecule has 4 rings (SSSR count). The Morgan fingerprint density at radius 1 is 1.25 bits per heavy atom. The van der Waals surface area contributed by atoms with Crippen LogP contribution in [0.1, 0.15) is 21.6 Å². The Morgan fingerprint density at radius 2 is 2.08 bits per heavy atom. The first-order chi connectivity index (χ1) is 11.6. The zero-order valence-electron chi connectivity index (χ0n) is 14.2. The van der Waals surface area contributed by atoms with Gasteiger partial charge in [0.15, 0.2) is 0 Å². The molecule has 3 aromatic rings. The SMILES string of the molecule is Cc1cc2ncn(C[C@@H](O)CN3CCc4sccc4C3)c2cc1C. The van der Waals surface area contributed by atoms with Gasteiger partial charge in [-0.25, -0.2) is 4.98 Å². The van der Waals surface area contributed by atoms with Crippen molar-refractivity contribution in [3.8, 4) is 0 Å². The Hall–Kier alpha value is -1.69. The minimum absolute atomic E-state index is 0.385. The van der Waals surface area contributed by atoms with Crippen molar-refractivity contribution < 1.29 is 5.11 Å². The van der Waals surface area contributed by atoms with Crippen molar-refractivity contribution in [3.05, 3.63) is 51.5 Å². The number of hydrogen-bond donors (Lipinski definition) is 1. The maximum atomic E-state index is 10.6. The van der Waals surface area contributed by atoms with Crippen LogP contribution in [0, 0.1) is 13.8 Å². The predicted octanol–water partition coefficient (Wildman–Crippen LogP) is 3.13. The second kappa shape index (κ2) is 6.31. The zero-order valence-corrected chi connectivity index (χ0v) is 15.0. The summed E-state index contributed by atoms with van der Waals surface area (Å²) in [7, 11) is 0. The summed E-state index contributed by atoms with van der Waals surface area (Å²) in [4.78, 5) is 8.34. The van der Waals surface area contributed by atoms with Gasteiger partial charge in [0.1, 0.15) is 0 Å². The van der Waals surface area contributed by atoms with Crippen molar-refractivity contribution in [2.45, 2.75) is 39.5 Å². The van der Waals surface area contributed by atoms with E-state index in [1.165, 1.54) is 21.6 Å². The standard InChI is InChI=1S/C19H23N3OS/c1-13-7-17-18(8-14(13)2)22(12-20-17)11-16(23)10-21-5-3-19-15(9-21)4-6-24-19/h4,6-8,12,16,23H,3,5,9-11H2,1-2H3/t16-/m0/s1. The van der Waals surface area contributed by atoms with E-state index in [9.17, 15) is 5.11 Å². The third kappa shape index (κ3) is 2.99. The quantitative estimate of drug-likeness (QED) is 0.793. The van der Waals surface area contributed by atoms with Crippen LogP contribution in [0.2, 0.25) is 0 Å². The molecule has 1 aromatic carbocycles. The van der Waals surface area contributed by atoms with Gasteiger partial charge >= 0.3 is 0 Å². The van der Waals surface area contributed by atoms with E-state index >= 15 is 0 Å². The summed E-state index contributed by atoms with van der Waals surface area (Å²) in [6, 6.07) is 6.51. The monoisotopic (exact) mass is 341 g/mol. The van der Waals surface area contributed by atoms with Crippen molar-refractivity contribution in [3.63, 3.8) is 0 Å².